The second-order valence-electron chi connectivity index (χ2n) is 6.69. The smallest absolute Gasteiger partial charge is 0.411 e. The maximum atomic E-state index is 12.9. The molecule has 2 fully saturated rings. The Morgan fingerprint density at radius 2 is 2.00 bits per heavy atom. The SMILES string of the molecule is CCOC(=O)[C@H]1CCN[C@H]1c1cc(NC(=O)OC)ccc1S(=O)(=O)C1CC1. The average Bonchev–Trinajstić information content (AvgIpc) is 3.39. The van der Waals surface area contributed by atoms with E-state index >= 15 is 0 Å². The second kappa shape index (κ2) is 7.85. The number of methoxy groups -OCH3 is 1. The molecule has 3 rings (SSSR count). The van der Waals surface area contributed by atoms with Crippen molar-refractivity contribution < 1.29 is 27.5 Å². The second-order valence-corrected chi connectivity index (χ2v) is 8.89. The first-order chi connectivity index (χ1) is 12.9. The number of rotatable bonds is 6. The molecule has 1 amide bonds. The van der Waals surface area contributed by atoms with Crippen molar-refractivity contribution in [3.63, 3.8) is 0 Å². The molecule has 1 aromatic carbocycles. The predicted molar refractivity (Wildman–Crippen MR) is 98.2 cm³/mol. The normalized spacial score (nSPS) is 22.3. The number of carbonyl (C=O) groups is 2. The predicted octanol–water partition coefficient (Wildman–Crippen LogP) is 2.01. The molecule has 0 unspecified atom stereocenters. The highest BCUT2D eigenvalue weighted by Gasteiger charge is 2.42. The number of anilines is 1. The Kier molecular flexibility index (Phi) is 5.71. The van der Waals surface area contributed by atoms with Gasteiger partial charge in [0.15, 0.2) is 9.84 Å². The summed E-state index contributed by atoms with van der Waals surface area (Å²) in [4.78, 5) is 24.1. The molecular weight excluding hydrogens is 372 g/mol. The van der Waals surface area contributed by atoms with Crippen LogP contribution in [0.25, 0.3) is 0 Å². The lowest BCUT2D eigenvalue weighted by molar-refractivity contribution is -0.148. The van der Waals surface area contributed by atoms with Crippen LogP contribution in [0.3, 0.4) is 0 Å². The number of benzene rings is 1. The molecule has 1 aromatic rings. The van der Waals surface area contributed by atoms with Gasteiger partial charge >= 0.3 is 12.1 Å². The van der Waals surface area contributed by atoms with Gasteiger partial charge in [0.1, 0.15) is 0 Å². The third-order valence-corrected chi connectivity index (χ3v) is 7.19. The van der Waals surface area contributed by atoms with Gasteiger partial charge in [0, 0.05) is 11.7 Å². The van der Waals surface area contributed by atoms with Crippen molar-refractivity contribution in [2.75, 3.05) is 25.6 Å². The Morgan fingerprint density at radius 3 is 2.63 bits per heavy atom. The van der Waals surface area contributed by atoms with E-state index in [9.17, 15) is 18.0 Å². The van der Waals surface area contributed by atoms with Crippen LogP contribution < -0.4 is 10.6 Å². The first kappa shape index (κ1) is 19.6. The van der Waals surface area contributed by atoms with E-state index in [1.807, 2.05) is 0 Å². The summed E-state index contributed by atoms with van der Waals surface area (Å²) in [5.74, 6) is -0.833. The summed E-state index contributed by atoms with van der Waals surface area (Å²) < 4.78 is 35.6. The van der Waals surface area contributed by atoms with Gasteiger partial charge in [-0.15, -0.1) is 0 Å². The Labute approximate surface area is 158 Å². The first-order valence-electron chi connectivity index (χ1n) is 9.01. The van der Waals surface area contributed by atoms with Crippen LogP contribution in [0.4, 0.5) is 10.5 Å². The summed E-state index contributed by atoms with van der Waals surface area (Å²) in [6.07, 6.45) is 1.19. The number of sulfone groups is 1. The molecule has 148 valence electrons. The lowest BCUT2D eigenvalue weighted by Gasteiger charge is -2.22. The van der Waals surface area contributed by atoms with Crippen molar-refractivity contribution in [2.24, 2.45) is 5.92 Å². The van der Waals surface area contributed by atoms with Crippen molar-refractivity contribution in [2.45, 2.75) is 42.4 Å². The molecule has 2 atom stereocenters. The summed E-state index contributed by atoms with van der Waals surface area (Å²) >= 11 is 0. The van der Waals surface area contributed by atoms with Gasteiger partial charge in [-0.25, -0.2) is 13.2 Å². The summed E-state index contributed by atoms with van der Waals surface area (Å²) in [7, 11) is -2.23. The van der Waals surface area contributed by atoms with E-state index in [4.69, 9.17) is 4.74 Å². The molecule has 1 heterocycles. The van der Waals surface area contributed by atoms with E-state index in [1.54, 1.807) is 13.0 Å². The summed E-state index contributed by atoms with van der Waals surface area (Å²) in [6, 6.07) is 4.13. The molecule has 1 aliphatic carbocycles. The zero-order chi connectivity index (χ0) is 19.6. The third-order valence-electron chi connectivity index (χ3n) is 4.86. The third kappa shape index (κ3) is 4.08. The molecule has 2 N–H and O–H groups in total. The molecule has 0 bridgehead atoms. The minimum Gasteiger partial charge on any atom is -0.466 e. The fourth-order valence-electron chi connectivity index (χ4n) is 3.39. The molecule has 1 saturated heterocycles. The van der Waals surface area contributed by atoms with Crippen LogP contribution in [0.1, 0.15) is 37.8 Å². The number of esters is 1. The van der Waals surface area contributed by atoms with E-state index in [0.717, 1.165) is 0 Å². The monoisotopic (exact) mass is 396 g/mol. The van der Waals surface area contributed by atoms with Gasteiger partial charge in [-0.1, -0.05) is 0 Å². The number of amides is 1. The number of ether oxygens (including phenoxy) is 2. The molecular formula is C18H24N2O6S. The number of carbonyl (C=O) groups excluding carboxylic acids is 2. The Hall–Kier alpha value is -2.13. The van der Waals surface area contributed by atoms with Crippen molar-refractivity contribution in [1.29, 1.82) is 0 Å². The van der Waals surface area contributed by atoms with Crippen LogP contribution in [0.2, 0.25) is 0 Å². The molecule has 0 aromatic heterocycles. The average molecular weight is 396 g/mol. The number of hydrogen-bond donors (Lipinski definition) is 2. The largest absolute Gasteiger partial charge is 0.466 e. The molecule has 0 spiro atoms. The van der Waals surface area contributed by atoms with Gasteiger partial charge < -0.3 is 14.8 Å². The lowest BCUT2D eigenvalue weighted by atomic mass is 9.94. The highest BCUT2D eigenvalue weighted by molar-refractivity contribution is 7.92. The minimum absolute atomic E-state index is 0.203. The van der Waals surface area contributed by atoms with Crippen molar-refractivity contribution in [1.82, 2.24) is 5.32 Å². The Bertz CT molecular complexity index is 834. The topological polar surface area (TPSA) is 111 Å². The van der Waals surface area contributed by atoms with E-state index < -0.39 is 27.9 Å². The number of hydrogen-bond acceptors (Lipinski definition) is 7. The van der Waals surface area contributed by atoms with Crippen molar-refractivity contribution in [3.05, 3.63) is 23.8 Å². The van der Waals surface area contributed by atoms with Crippen LogP contribution in [-0.2, 0) is 24.1 Å². The molecule has 8 nitrogen and oxygen atoms in total. The standard InChI is InChI=1S/C18H24N2O6S/c1-3-26-17(21)13-8-9-19-16(13)14-10-11(20-18(22)25-2)4-7-15(14)27(23,24)12-5-6-12/h4,7,10,12-13,16,19H,3,5-6,8-9H2,1-2H3,(H,20,22)/t13-,16+/m0/s1. The van der Waals surface area contributed by atoms with E-state index in [2.05, 4.69) is 15.4 Å². The van der Waals surface area contributed by atoms with Crippen molar-refractivity contribution >= 4 is 27.6 Å². The maximum absolute atomic E-state index is 12.9. The molecule has 2 aliphatic rings. The first-order valence-corrected chi connectivity index (χ1v) is 10.6. The van der Waals surface area contributed by atoms with Gasteiger partial charge in [-0.2, -0.15) is 0 Å². The van der Waals surface area contributed by atoms with Crippen LogP contribution in [0.15, 0.2) is 23.1 Å². The van der Waals surface area contributed by atoms with Gasteiger partial charge in [-0.3, -0.25) is 10.1 Å². The van der Waals surface area contributed by atoms with E-state index in [1.165, 1.54) is 19.2 Å². The molecule has 27 heavy (non-hydrogen) atoms. The minimum atomic E-state index is -3.48. The van der Waals surface area contributed by atoms with Gasteiger partial charge in [0.2, 0.25) is 0 Å². The van der Waals surface area contributed by atoms with Gasteiger partial charge in [0.05, 0.1) is 29.8 Å². The fraction of sp³-hybridized carbons (Fsp3) is 0.556. The lowest BCUT2D eigenvalue weighted by Crippen LogP contribution is -2.27. The Balaban J connectivity index is 2.02. The fourth-order valence-corrected chi connectivity index (χ4v) is 5.28. The zero-order valence-corrected chi connectivity index (χ0v) is 16.2. The molecule has 0 radical (unpaired) electrons. The number of nitrogens with one attached hydrogen (secondary N) is 2. The highest BCUT2D eigenvalue weighted by atomic mass is 32.2. The quantitative estimate of drug-likeness (QED) is 0.708. The molecule has 1 aliphatic heterocycles. The van der Waals surface area contributed by atoms with Crippen LogP contribution in [0, 0.1) is 5.92 Å². The highest BCUT2D eigenvalue weighted by Crippen LogP contribution is 2.40. The van der Waals surface area contributed by atoms with E-state index in [0.29, 0.717) is 37.1 Å². The summed E-state index contributed by atoms with van der Waals surface area (Å²) in [5, 5.41) is 5.39. The van der Waals surface area contributed by atoms with Crippen LogP contribution in [0.5, 0.6) is 0 Å². The van der Waals surface area contributed by atoms with Gasteiger partial charge in [0.25, 0.3) is 0 Å². The van der Waals surface area contributed by atoms with Crippen molar-refractivity contribution in [3.8, 4) is 0 Å². The zero-order valence-electron chi connectivity index (χ0n) is 15.4. The van der Waals surface area contributed by atoms with Crippen LogP contribution in [-0.4, -0.2) is 46.0 Å². The Morgan fingerprint density at radius 1 is 1.26 bits per heavy atom. The summed E-state index contributed by atoms with van der Waals surface area (Å²) in [6.45, 7) is 2.57. The maximum Gasteiger partial charge on any atom is 0.411 e. The molecule has 1 saturated carbocycles. The van der Waals surface area contributed by atoms with E-state index in [-0.39, 0.29) is 22.7 Å². The van der Waals surface area contributed by atoms with Gasteiger partial charge in [-0.05, 0) is 56.5 Å². The van der Waals surface area contributed by atoms with Crippen LogP contribution >= 0.6 is 0 Å². The summed E-state index contributed by atoms with van der Waals surface area (Å²) in [5.41, 5.74) is 0.884. The molecule has 9 heteroatoms.